The number of fused-ring (bicyclic) bond motifs is 2. The van der Waals surface area contributed by atoms with Crippen molar-refractivity contribution in [2.24, 2.45) is 0 Å². The molecule has 0 radical (unpaired) electrons. The van der Waals surface area contributed by atoms with Crippen LogP contribution in [0.15, 0.2) is 48.5 Å². The Morgan fingerprint density at radius 1 is 1.11 bits per heavy atom. The maximum Gasteiger partial charge on any atom is 0.229 e. The Morgan fingerprint density at radius 2 is 1.89 bits per heavy atom. The molecule has 6 heteroatoms. The van der Waals surface area contributed by atoms with Gasteiger partial charge in [-0.15, -0.1) is 0 Å². The molecule has 1 unspecified atom stereocenters. The summed E-state index contributed by atoms with van der Waals surface area (Å²) >= 11 is 0. The number of carbonyl (C=O) groups is 1. The summed E-state index contributed by atoms with van der Waals surface area (Å²) in [7, 11) is 0. The highest BCUT2D eigenvalue weighted by Gasteiger charge is 2.32. The molecule has 0 spiro atoms. The Labute approximate surface area is 154 Å². The maximum atomic E-state index is 13.3. The van der Waals surface area contributed by atoms with Crippen molar-refractivity contribution in [3.63, 3.8) is 0 Å². The molecule has 1 N–H and O–H groups in total. The number of H-pyrrole nitrogens is 1. The van der Waals surface area contributed by atoms with E-state index < -0.39 is 0 Å². The van der Waals surface area contributed by atoms with E-state index in [9.17, 15) is 9.18 Å². The van der Waals surface area contributed by atoms with Gasteiger partial charge in [0.25, 0.3) is 0 Å². The van der Waals surface area contributed by atoms with Crippen molar-refractivity contribution in [1.29, 1.82) is 0 Å². The number of nitrogens with one attached hydrogen (secondary N) is 1. The number of aromatic nitrogens is 4. The number of halogens is 1. The van der Waals surface area contributed by atoms with Gasteiger partial charge in [-0.2, -0.15) is 5.10 Å². The summed E-state index contributed by atoms with van der Waals surface area (Å²) in [6.45, 7) is 1.86. The first-order chi connectivity index (χ1) is 13.1. The SMILES string of the molecule is Cc1nn(-c2nc3ccccc3[nH]2)c2c1C(=O)CC(c1ccc(F)cc1)C2. The zero-order valence-electron chi connectivity index (χ0n) is 14.7. The summed E-state index contributed by atoms with van der Waals surface area (Å²) in [6, 6.07) is 14.2. The molecule has 1 atom stereocenters. The topological polar surface area (TPSA) is 63.6 Å². The first-order valence-corrected chi connectivity index (χ1v) is 8.92. The summed E-state index contributed by atoms with van der Waals surface area (Å²) in [5, 5.41) is 4.59. The molecular weight excluding hydrogens is 343 g/mol. The maximum absolute atomic E-state index is 13.3. The average Bonchev–Trinajstić information content (AvgIpc) is 3.23. The minimum Gasteiger partial charge on any atom is -0.322 e. The number of hydrogen-bond donors (Lipinski definition) is 1. The predicted octanol–water partition coefficient (Wildman–Crippen LogP) is 4.11. The molecule has 5 rings (SSSR count). The van der Waals surface area contributed by atoms with Gasteiger partial charge in [0.2, 0.25) is 5.95 Å². The molecule has 0 saturated heterocycles. The smallest absolute Gasteiger partial charge is 0.229 e. The van der Waals surface area contributed by atoms with Crippen molar-refractivity contribution in [3.8, 4) is 5.95 Å². The van der Waals surface area contributed by atoms with Gasteiger partial charge in [-0.1, -0.05) is 24.3 Å². The van der Waals surface area contributed by atoms with Gasteiger partial charge in [0, 0.05) is 6.42 Å². The highest BCUT2D eigenvalue weighted by Crippen LogP contribution is 2.35. The number of ketones is 1. The van der Waals surface area contributed by atoms with Gasteiger partial charge in [0.15, 0.2) is 5.78 Å². The van der Waals surface area contributed by atoms with E-state index in [4.69, 9.17) is 0 Å². The lowest BCUT2D eigenvalue weighted by Crippen LogP contribution is -2.21. The van der Waals surface area contributed by atoms with Crippen LogP contribution in [-0.4, -0.2) is 25.5 Å². The standard InChI is InChI=1S/C21H17FN4O/c1-12-20-18(10-14(11-19(20)27)13-6-8-15(22)9-7-13)26(25-12)21-23-16-4-2-3-5-17(16)24-21/h2-9,14H,10-11H2,1H3,(H,23,24). The van der Waals surface area contributed by atoms with Crippen molar-refractivity contribution in [3.05, 3.63) is 76.9 Å². The number of imidazole rings is 1. The van der Waals surface area contributed by atoms with Gasteiger partial charge in [0.1, 0.15) is 5.82 Å². The summed E-state index contributed by atoms with van der Waals surface area (Å²) in [5.74, 6) is 0.410. The van der Waals surface area contributed by atoms with E-state index >= 15 is 0 Å². The number of hydrogen-bond acceptors (Lipinski definition) is 3. The number of Topliss-reactive ketones (excluding diaryl/α,β-unsaturated/α-hetero) is 1. The highest BCUT2D eigenvalue weighted by molar-refractivity contribution is 6.00. The largest absolute Gasteiger partial charge is 0.322 e. The van der Waals surface area contributed by atoms with E-state index in [1.807, 2.05) is 31.2 Å². The minimum absolute atomic E-state index is 0.00447. The number of carbonyl (C=O) groups excluding carboxylic acids is 1. The average molecular weight is 360 g/mol. The second kappa shape index (κ2) is 5.87. The van der Waals surface area contributed by atoms with Gasteiger partial charge < -0.3 is 4.98 Å². The lowest BCUT2D eigenvalue weighted by atomic mass is 9.81. The molecule has 2 heterocycles. The first-order valence-electron chi connectivity index (χ1n) is 8.92. The van der Waals surface area contributed by atoms with E-state index in [2.05, 4.69) is 15.1 Å². The molecule has 0 bridgehead atoms. The molecule has 2 aromatic heterocycles. The summed E-state index contributed by atoms with van der Waals surface area (Å²) in [4.78, 5) is 20.7. The molecule has 0 fully saturated rings. The first kappa shape index (κ1) is 15.9. The van der Waals surface area contributed by atoms with Crippen LogP contribution in [0.4, 0.5) is 4.39 Å². The molecule has 4 aromatic rings. The van der Waals surface area contributed by atoms with Gasteiger partial charge in [-0.3, -0.25) is 4.79 Å². The zero-order chi connectivity index (χ0) is 18.5. The van der Waals surface area contributed by atoms with Gasteiger partial charge in [-0.05, 0) is 49.1 Å². The number of aromatic amines is 1. The lowest BCUT2D eigenvalue weighted by Gasteiger charge is -2.22. The molecular formula is C21H17FN4O. The third-order valence-corrected chi connectivity index (χ3v) is 5.23. The van der Waals surface area contributed by atoms with Crippen LogP contribution in [0.2, 0.25) is 0 Å². The van der Waals surface area contributed by atoms with Crippen LogP contribution in [0.25, 0.3) is 17.0 Å². The van der Waals surface area contributed by atoms with Crippen LogP contribution in [-0.2, 0) is 6.42 Å². The molecule has 0 aliphatic heterocycles. The van der Waals surface area contributed by atoms with Crippen LogP contribution in [0.3, 0.4) is 0 Å². The van der Waals surface area contributed by atoms with E-state index in [1.54, 1.807) is 16.8 Å². The van der Waals surface area contributed by atoms with Crippen LogP contribution in [0.1, 0.15) is 39.6 Å². The fraction of sp³-hybridized carbons (Fsp3) is 0.190. The van der Waals surface area contributed by atoms with Crippen LogP contribution < -0.4 is 0 Å². The zero-order valence-corrected chi connectivity index (χ0v) is 14.7. The van der Waals surface area contributed by atoms with Crippen LogP contribution >= 0.6 is 0 Å². The third kappa shape index (κ3) is 2.56. The Kier molecular flexibility index (Phi) is 3.47. The normalized spacial score (nSPS) is 16.7. The molecule has 27 heavy (non-hydrogen) atoms. The van der Waals surface area contributed by atoms with Crippen LogP contribution in [0, 0.1) is 12.7 Å². The lowest BCUT2D eigenvalue weighted by molar-refractivity contribution is 0.0963. The molecule has 0 amide bonds. The van der Waals surface area contributed by atoms with Crippen molar-refractivity contribution in [2.45, 2.75) is 25.7 Å². The fourth-order valence-electron chi connectivity index (χ4n) is 3.94. The van der Waals surface area contributed by atoms with Crippen molar-refractivity contribution < 1.29 is 9.18 Å². The number of benzene rings is 2. The van der Waals surface area contributed by atoms with Crippen molar-refractivity contribution >= 4 is 16.8 Å². The Balaban J connectivity index is 1.61. The molecule has 5 nitrogen and oxygen atoms in total. The van der Waals surface area contributed by atoms with Gasteiger partial charge >= 0.3 is 0 Å². The summed E-state index contributed by atoms with van der Waals surface area (Å²) in [6.07, 6.45) is 1.07. The van der Waals surface area contributed by atoms with E-state index in [-0.39, 0.29) is 17.5 Å². The van der Waals surface area contributed by atoms with Gasteiger partial charge in [-0.25, -0.2) is 14.1 Å². The van der Waals surface area contributed by atoms with Crippen molar-refractivity contribution in [1.82, 2.24) is 19.7 Å². The Morgan fingerprint density at radius 3 is 2.67 bits per heavy atom. The third-order valence-electron chi connectivity index (χ3n) is 5.23. The van der Waals surface area contributed by atoms with Crippen molar-refractivity contribution in [2.75, 3.05) is 0 Å². The number of aryl methyl sites for hydroxylation is 1. The second-order valence-corrected chi connectivity index (χ2v) is 6.98. The van der Waals surface area contributed by atoms with E-state index in [1.165, 1.54) is 12.1 Å². The molecule has 134 valence electrons. The highest BCUT2D eigenvalue weighted by atomic mass is 19.1. The number of rotatable bonds is 2. The molecule has 1 aliphatic rings. The molecule has 1 aliphatic carbocycles. The number of nitrogens with zero attached hydrogens (tertiary/aromatic N) is 3. The second-order valence-electron chi connectivity index (χ2n) is 6.98. The van der Waals surface area contributed by atoms with Gasteiger partial charge in [0.05, 0.1) is 28.0 Å². The summed E-state index contributed by atoms with van der Waals surface area (Å²) in [5.41, 5.74) is 5.00. The van der Waals surface area contributed by atoms with E-state index in [0.29, 0.717) is 30.0 Å². The molecule has 2 aromatic carbocycles. The minimum atomic E-state index is -0.273. The summed E-state index contributed by atoms with van der Waals surface area (Å²) < 4.78 is 15.0. The Hall–Kier alpha value is -3.28. The van der Waals surface area contributed by atoms with E-state index in [0.717, 1.165) is 22.3 Å². The quantitative estimate of drug-likeness (QED) is 0.585. The predicted molar refractivity (Wildman–Crippen MR) is 99.7 cm³/mol. The fourth-order valence-corrected chi connectivity index (χ4v) is 3.94. The monoisotopic (exact) mass is 360 g/mol. The Bertz CT molecular complexity index is 1140. The molecule has 0 saturated carbocycles. The van der Waals surface area contributed by atoms with Crippen LogP contribution in [0.5, 0.6) is 0 Å². The number of para-hydroxylation sites is 2.